The van der Waals surface area contributed by atoms with E-state index in [1.165, 1.54) is 24.3 Å². The lowest BCUT2D eigenvalue weighted by molar-refractivity contribution is 0.102. The average Bonchev–Trinajstić information content (AvgIpc) is 3.11. The molecule has 0 bridgehead atoms. The van der Waals surface area contributed by atoms with E-state index in [4.69, 9.17) is 0 Å². The third-order valence-electron chi connectivity index (χ3n) is 3.44. The number of carbonyl (C=O) groups is 1. The molecular weight excluding hydrogens is 372 g/mol. The van der Waals surface area contributed by atoms with Crippen LogP contribution in [0.2, 0.25) is 0 Å². The number of nitrogens with zero attached hydrogens (tertiary/aromatic N) is 2. The van der Waals surface area contributed by atoms with Crippen LogP contribution >= 0.6 is 11.5 Å². The highest BCUT2D eigenvalue weighted by Crippen LogP contribution is 2.21. The van der Waals surface area contributed by atoms with Crippen LogP contribution < -0.4 is 10.0 Å². The first kappa shape index (κ1) is 18.2. The summed E-state index contributed by atoms with van der Waals surface area (Å²) in [7, 11) is -3.54. The Morgan fingerprint density at radius 3 is 2.42 bits per heavy atom. The molecule has 0 unspecified atom stereocenters. The maximum Gasteiger partial charge on any atom is 0.257 e. The van der Waals surface area contributed by atoms with Crippen LogP contribution in [-0.2, 0) is 10.0 Å². The van der Waals surface area contributed by atoms with Gasteiger partial charge in [0.25, 0.3) is 5.91 Å². The van der Waals surface area contributed by atoms with Crippen molar-refractivity contribution in [3.05, 3.63) is 60.2 Å². The second kappa shape index (κ2) is 7.73. The monoisotopic (exact) mass is 388 g/mol. The van der Waals surface area contributed by atoms with Gasteiger partial charge < -0.3 is 0 Å². The van der Waals surface area contributed by atoms with E-state index in [9.17, 15) is 13.2 Å². The van der Waals surface area contributed by atoms with Crippen LogP contribution in [0.5, 0.6) is 0 Å². The predicted molar refractivity (Wildman–Crippen MR) is 101 cm³/mol. The first-order valence-electron chi connectivity index (χ1n) is 7.80. The van der Waals surface area contributed by atoms with Gasteiger partial charge in [0.15, 0.2) is 5.82 Å². The number of benzene rings is 2. The van der Waals surface area contributed by atoms with Gasteiger partial charge in [-0.3, -0.25) is 10.1 Å². The van der Waals surface area contributed by atoms with Crippen molar-refractivity contribution < 1.29 is 13.2 Å². The van der Waals surface area contributed by atoms with E-state index in [2.05, 4.69) is 19.4 Å². The van der Waals surface area contributed by atoms with Crippen molar-refractivity contribution in [1.82, 2.24) is 14.1 Å². The minimum atomic E-state index is -3.54. The molecule has 3 aromatic rings. The van der Waals surface area contributed by atoms with E-state index < -0.39 is 10.0 Å². The highest BCUT2D eigenvalue weighted by atomic mass is 32.2. The molecule has 1 amide bonds. The molecular formula is C17H16N4O3S2. The predicted octanol–water partition coefficient (Wildman–Crippen LogP) is 2.76. The second-order valence-electron chi connectivity index (χ2n) is 5.27. The number of hydrogen-bond donors (Lipinski definition) is 2. The molecule has 0 aliphatic heterocycles. The fourth-order valence-corrected chi connectivity index (χ4v) is 3.83. The Kier molecular flexibility index (Phi) is 5.40. The number of amides is 1. The van der Waals surface area contributed by atoms with Crippen LogP contribution in [0.15, 0.2) is 59.5 Å². The normalized spacial score (nSPS) is 11.3. The molecule has 1 heterocycles. The number of anilines is 1. The first-order valence-corrected chi connectivity index (χ1v) is 10.1. The van der Waals surface area contributed by atoms with Gasteiger partial charge in [-0.1, -0.05) is 37.3 Å². The van der Waals surface area contributed by atoms with Crippen LogP contribution in [-0.4, -0.2) is 30.2 Å². The second-order valence-corrected chi connectivity index (χ2v) is 7.79. The minimum Gasteiger partial charge on any atom is -0.297 e. The van der Waals surface area contributed by atoms with E-state index in [0.717, 1.165) is 17.1 Å². The summed E-state index contributed by atoms with van der Waals surface area (Å²) < 4.78 is 30.5. The zero-order valence-corrected chi connectivity index (χ0v) is 15.5. The molecule has 9 heteroatoms. The third kappa shape index (κ3) is 4.13. The fourth-order valence-electron chi connectivity index (χ4n) is 2.21. The average molecular weight is 388 g/mol. The molecule has 0 saturated carbocycles. The van der Waals surface area contributed by atoms with Crippen molar-refractivity contribution in [2.24, 2.45) is 0 Å². The molecule has 0 fully saturated rings. The summed E-state index contributed by atoms with van der Waals surface area (Å²) in [4.78, 5) is 16.7. The number of nitrogens with one attached hydrogen (secondary N) is 2. The Morgan fingerprint density at radius 1 is 1.08 bits per heavy atom. The van der Waals surface area contributed by atoms with E-state index in [1.54, 1.807) is 6.92 Å². The molecule has 2 aromatic carbocycles. The van der Waals surface area contributed by atoms with Gasteiger partial charge in [-0.05, 0) is 24.3 Å². The maximum absolute atomic E-state index is 12.3. The largest absolute Gasteiger partial charge is 0.297 e. The summed E-state index contributed by atoms with van der Waals surface area (Å²) in [6.07, 6.45) is 0. The lowest BCUT2D eigenvalue weighted by atomic mass is 10.2. The molecule has 3 rings (SSSR count). The van der Waals surface area contributed by atoms with Crippen molar-refractivity contribution in [3.8, 4) is 11.4 Å². The summed E-state index contributed by atoms with van der Waals surface area (Å²) in [5.74, 6) is 0.158. The molecule has 134 valence electrons. The van der Waals surface area contributed by atoms with Gasteiger partial charge in [-0.15, -0.1) is 0 Å². The molecule has 0 saturated heterocycles. The third-order valence-corrected chi connectivity index (χ3v) is 5.63. The number of sulfonamides is 1. The van der Waals surface area contributed by atoms with Gasteiger partial charge in [0.2, 0.25) is 15.2 Å². The molecule has 0 aliphatic rings. The van der Waals surface area contributed by atoms with Gasteiger partial charge >= 0.3 is 0 Å². The molecule has 1 aromatic heterocycles. The van der Waals surface area contributed by atoms with Crippen molar-refractivity contribution in [1.29, 1.82) is 0 Å². The van der Waals surface area contributed by atoms with Gasteiger partial charge in [0, 0.05) is 29.2 Å². The lowest BCUT2D eigenvalue weighted by Gasteiger charge is -2.05. The maximum atomic E-state index is 12.3. The Bertz CT molecular complexity index is 1000. The summed E-state index contributed by atoms with van der Waals surface area (Å²) in [5, 5.41) is 3.05. The molecule has 0 aliphatic carbocycles. The van der Waals surface area contributed by atoms with Crippen molar-refractivity contribution in [2.75, 3.05) is 11.9 Å². The van der Waals surface area contributed by atoms with E-state index in [0.29, 0.717) is 23.1 Å². The van der Waals surface area contributed by atoms with E-state index in [1.807, 2.05) is 30.3 Å². The fraction of sp³-hybridized carbons (Fsp3) is 0.118. The first-order chi connectivity index (χ1) is 12.5. The molecule has 0 spiro atoms. The summed E-state index contributed by atoms with van der Waals surface area (Å²) in [6.45, 7) is 2.00. The summed E-state index contributed by atoms with van der Waals surface area (Å²) in [5.41, 5.74) is 1.19. The van der Waals surface area contributed by atoms with Gasteiger partial charge in [-0.2, -0.15) is 9.36 Å². The van der Waals surface area contributed by atoms with Crippen LogP contribution in [0.3, 0.4) is 0 Å². The SMILES string of the molecule is CCNS(=O)(=O)c1ccc(C(=O)Nc2nc(-c3ccccc3)ns2)cc1. The van der Waals surface area contributed by atoms with Crippen molar-refractivity contribution in [2.45, 2.75) is 11.8 Å². The smallest absolute Gasteiger partial charge is 0.257 e. The standard InChI is InChI=1S/C17H16N4O3S2/c1-2-18-26(23,24)14-10-8-13(9-11-14)16(22)20-17-19-15(21-25-17)12-6-4-3-5-7-12/h3-11,18H,2H2,1H3,(H,19,20,21,22). The Labute approximate surface area is 155 Å². The number of aromatic nitrogens is 2. The van der Waals surface area contributed by atoms with E-state index in [-0.39, 0.29) is 10.8 Å². The molecule has 7 nitrogen and oxygen atoms in total. The van der Waals surface area contributed by atoms with Crippen LogP contribution in [0.1, 0.15) is 17.3 Å². The van der Waals surface area contributed by atoms with E-state index >= 15 is 0 Å². The number of hydrogen-bond acceptors (Lipinski definition) is 6. The van der Waals surface area contributed by atoms with Crippen molar-refractivity contribution >= 4 is 32.6 Å². The zero-order chi connectivity index (χ0) is 18.6. The zero-order valence-electron chi connectivity index (χ0n) is 13.8. The molecule has 0 radical (unpaired) electrons. The van der Waals surface area contributed by atoms with Crippen LogP contribution in [0, 0.1) is 0 Å². The topological polar surface area (TPSA) is 101 Å². The Morgan fingerprint density at radius 2 is 1.77 bits per heavy atom. The highest BCUT2D eigenvalue weighted by Gasteiger charge is 2.15. The quantitative estimate of drug-likeness (QED) is 0.676. The number of carbonyl (C=O) groups excluding carboxylic acids is 1. The Balaban J connectivity index is 1.72. The van der Waals surface area contributed by atoms with Crippen LogP contribution in [0.25, 0.3) is 11.4 Å². The summed E-state index contributed by atoms with van der Waals surface area (Å²) in [6, 6.07) is 15.1. The minimum absolute atomic E-state index is 0.109. The highest BCUT2D eigenvalue weighted by molar-refractivity contribution is 7.89. The van der Waals surface area contributed by atoms with Crippen molar-refractivity contribution in [3.63, 3.8) is 0 Å². The van der Waals surface area contributed by atoms with Gasteiger partial charge in [0.05, 0.1) is 4.90 Å². The van der Waals surface area contributed by atoms with Gasteiger partial charge in [-0.25, -0.2) is 13.1 Å². The molecule has 26 heavy (non-hydrogen) atoms. The summed E-state index contributed by atoms with van der Waals surface area (Å²) >= 11 is 1.08. The lowest BCUT2D eigenvalue weighted by Crippen LogP contribution is -2.23. The molecule has 0 atom stereocenters. The van der Waals surface area contributed by atoms with Gasteiger partial charge in [0.1, 0.15) is 0 Å². The number of rotatable bonds is 6. The molecule has 2 N–H and O–H groups in total. The Hall–Kier alpha value is -2.62. The van der Waals surface area contributed by atoms with Crippen LogP contribution in [0.4, 0.5) is 5.13 Å².